The first-order valence-corrected chi connectivity index (χ1v) is 7.08. The Morgan fingerprint density at radius 3 is 1.92 bits per heavy atom. The average Bonchev–Trinajstić information content (AvgIpc) is 2.68. The van der Waals surface area contributed by atoms with E-state index in [0.717, 1.165) is 24.9 Å². The number of hydrogen-bond acceptors (Lipinski definition) is 1. The first kappa shape index (κ1) is 20.4. The van der Waals surface area contributed by atoms with Crippen LogP contribution < -0.4 is 4.90 Å². The van der Waals surface area contributed by atoms with Gasteiger partial charge in [0.1, 0.15) is 0 Å². The highest BCUT2D eigenvalue weighted by atomic mass is 19.4. The van der Waals surface area contributed by atoms with E-state index in [0.29, 0.717) is 0 Å². The van der Waals surface area contributed by atoms with Crippen molar-refractivity contribution < 1.29 is 44.3 Å². The van der Waals surface area contributed by atoms with E-state index in [1.807, 2.05) is 0 Å². The second-order valence-corrected chi connectivity index (χ2v) is 6.24. The Morgan fingerprint density at radius 2 is 1.42 bits per heavy atom. The molecule has 1 aromatic rings. The summed E-state index contributed by atoms with van der Waals surface area (Å²) in [5, 5.41) is 0. The number of nitrogens with zero attached hydrogens (tertiary/aromatic N) is 1. The number of carbonyl (C=O) groups excluding carboxylic acids is 1. The molecule has 0 bridgehead atoms. The van der Waals surface area contributed by atoms with Crippen molar-refractivity contribution in [3.63, 3.8) is 0 Å². The summed E-state index contributed by atoms with van der Waals surface area (Å²) in [6, 6.07) is 5.16. The molecule has 2 nitrogen and oxygen atoms in total. The summed E-state index contributed by atoms with van der Waals surface area (Å²) in [7, 11) is 1.15. The Hall–Kier alpha value is -1.94. The number of anilines is 1. The minimum absolute atomic E-state index is 0.0710. The first-order valence-electron chi connectivity index (χ1n) is 7.08. The van der Waals surface area contributed by atoms with Crippen molar-refractivity contribution in [3.8, 4) is 0 Å². The summed E-state index contributed by atoms with van der Waals surface area (Å²) in [4.78, 5) is 13.1. The lowest BCUT2D eigenvalue weighted by Crippen LogP contribution is -2.62. The fourth-order valence-electron chi connectivity index (χ4n) is 2.96. The fourth-order valence-corrected chi connectivity index (χ4v) is 2.96. The highest BCUT2D eigenvalue weighted by molar-refractivity contribution is 6.07. The minimum Gasteiger partial charge on any atom is -0.314 e. The van der Waals surface area contributed by atoms with Crippen molar-refractivity contribution in [2.24, 2.45) is 0 Å². The molecule has 26 heavy (non-hydrogen) atoms. The summed E-state index contributed by atoms with van der Waals surface area (Å²) in [5.41, 5.74) is -2.50. The molecule has 0 spiro atoms. The molecule has 0 N–H and O–H groups in total. The molecule has 1 unspecified atom stereocenters. The lowest BCUT2D eigenvalue weighted by molar-refractivity contribution is -0.397. The summed E-state index contributed by atoms with van der Waals surface area (Å²) < 4.78 is 118. The molecule has 11 heteroatoms. The maximum absolute atomic E-state index is 14.0. The van der Waals surface area contributed by atoms with Gasteiger partial charge in [-0.1, -0.05) is 18.2 Å². The fraction of sp³-hybridized carbons (Fsp3) is 0.533. The third kappa shape index (κ3) is 2.54. The highest BCUT2D eigenvalue weighted by Gasteiger charge is 2.82. The van der Waals surface area contributed by atoms with Gasteiger partial charge in [-0.2, -0.15) is 39.5 Å². The third-order valence-electron chi connectivity index (χ3n) is 4.42. The van der Waals surface area contributed by atoms with Gasteiger partial charge in [0.15, 0.2) is 0 Å². The van der Waals surface area contributed by atoms with Crippen molar-refractivity contribution in [2.45, 2.75) is 42.7 Å². The predicted octanol–water partition coefficient (Wildman–Crippen LogP) is 4.78. The van der Waals surface area contributed by atoms with Crippen LogP contribution in [0.3, 0.4) is 0 Å². The van der Waals surface area contributed by atoms with Crippen LogP contribution in [0.2, 0.25) is 0 Å². The van der Waals surface area contributed by atoms with Crippen LogP contribution in [-0.2, 0) is 10.2 Å². The molecule has 0 aromatic heterocycles. The van der Waals surface area contributed by atoms with Crippen LogP contribution in [0.5, 0.6) is 0 Å². The van der Waals surface area contributed by atoms with Gasteiger partial charge in [0.05, 0.1) is 5.41 Å². The molecule has 1 heterocycles. The molecule has 1 aromatic carbocycles. The van der Waals surface area contributed by atoms with Crippen molar-refractivity contribution in [1.82, 2.24) is 0 Å². The van der Waals surface area contributed by atoms with Crippen LogP contribution in [0.1, 0.15) is 18.9 Å². The number of para-hydroxylation sites is 1. The molecule has 1 aliphatic rings. The van der Waals surface area contributed by atoms with Gasteiger partial charge in [-0.15, -0.1) is 0 Å². The van der Waals surface area contributed by atoms with E-state index < -0.39 is 41.7 Å². The zero-order chi connectivity index (χ0) is 20.3. The number of amides is 1. The molecule has 0 aliphatic carbocycles. The smallest absolute Gasteiger partial charge is 0.314 e. The molecule has 1 atom stereocenters. The van der Waals surface area contributed by atoms with Crippen LogP contribution in [0.25, 0.3) is 0 Å². The summed E-state index contributed by atoms with van der Waals surface area (Å²) in [6.07, 6.45) is -9.12. The molecule has 2 rings (SSSR count). The maximum Gasteiger partial charge on any atom is 0.460 e. The summed E-state index contributed by atoms with van der Waals surface area (Å²) in [5.74, 6) is -20.7. The molecule has 1 aliphatic heterocycles. The molecular formula is C15H12F9NO. The second-order valence-electron chi connectivity index (χ2n) is 6.24. The number of benzene rings is 1. The van der Waals surface area contributed by atoms with Gasteiger partial charge in [0.25, 0.3) is 0 Å². The van der Waals surface area contributed by atoms with Gasteiger partial charge in [0.2, 0.25) is 5.91 Å². The van der Waals surface area contributed by atoms with Crippen LogP contribution >= 0.6 is 0 Å². The molecule has 0 saturated carbocycles. The van der Waals surface area contributed by atoms with Crippen LogP contribution in [0.4, 0.5) is 45.2 Å². The normalized spacial score (nSPS) is 22.0. The summed E-state index contributed by atoms with van der Waals surface area (Å²) in [6.45, 7) is 0.799. The van der Waals surface area contributed by atoms with Crippen molar-refractivity contribution in [3.05, 3.63) is 29.8 Å². The third-order valence-corrected chi connectivity index (χ3v) is 4.42. The number of rotatable bonds is 4. The van der Waals surface area contributed by atoms with E-state index in [-0.39, 0.29) is 11.3 Å². The number of likely N-dealkylation sites (N-methyl/N-ethyl adjacent to an activating group) is 1. The molecule has 0 fully saturated rings. The van der Waals surface area contributed by atoms with E-state index >= 15 is 0 Å². The van der Waals surface area contributed by atoms with Gasteiger partial charge >= 0.3 is 23.9 Å². The van der Waals surface area contributed by atoms with E-state index in [4.69, 9.17) is 0 Å². The second kappa shape index (κ2) is 5.53. The van der Waals surface area contributed by atoms with Gasteiger partial charge < -0.3 is 4.90 Å². The van der Waals surface area contributed by atoms with E-state index in [2.05, 4.69) is 0 Å². The maximum atomic E-state index is 14.0. The Morgan fingerprint density at radius 1 is 0.923 bits per heavy atom. The number of fused-ring (bicyclic) bond motifs is 1. The zero-order valence-corrected chi connectivity index (χ0v) is 13.3. The van der Waals surface area contributed by atoms with Gasteiger partial charge in [-0.25, -0.2) is 0 Å². The highest BCUT2D eigenvalue weighted by Crippen LogP contribution is 2.57. The van der Waals surface area contributed by atoms with E-state index in [9.17, 15) is 44.3 Å². The Bertz CT molecular complexity index is 728. The average molecular weight is 393 g/mol. The zero-order valence-electron chi connectivity index (χ0n) is 13.3. The monoisotopic (exact) mass is 393 g/mol. The van der Waals surface area contributed by atoms with E-state index in [1.165, 1.54) is 18.2 Å². The standard InChI is InChI=1S/C15H12F9NO/c1-11(8-5-3-4-6-9(8)25(2)10(11)26)7-12(16,17)13(18,19)14(20,21)15(22,23)24/h3-6H,7H2,1-2H3. The number of carbonyl (C=O) groups is 1. The van der Waals surface area contributed by atoms with Gasteiger partial charge in [-0.3, -0.25) is 4.79 Å². The molecule has 0 radical (unpaired) electrons. The van der Waals surface area contributed by atoms with Crippen molar-refractivity contribution >= 4 is 11.6 Å². The molecule has 0 saturated heterocycles. The minimum atomic E-state index is -6.98. The quantitative estimate of drug-likeness (QED) is 0.675. The van der Waals surface area contributed by atoms with Crippen LogP contribution in [0.15, 0.2) is 24.3 Å². The molecular weight excluding hydrogens is 381 g/mol. The number of halogens is 9. The van der Waals surface area contributed by atoms with Crippen molar-refractivity contribution in [1.29, 1.82) is 0 Å². The first-order chi connectivity index (χ1) is 11.5. The van der Waals surface area contributed by atoms with Gasteiger partial charge in [0, 0.05) is 19.2 Å². The lowest BCUT2D eigenvalue weighted by Gasteiger charge is -2.37. The van der Waals surface area contributed by atoms with Crippen LogP contribution in [-0.4, -0.2) is 36.9 Å². The summed E-state index contributed by atoms with van der Waals surface area (Å²) >= 11 is 0. The Labute approximate surface area is 141 Å². The van der Waals surface area contributed by atoms with Crippen LogP contribution in [0, 0.1) is 0 Å². The van der Waals surface area contributed by atoms with Crippen molar-refractivity contribution in [2.75, 3.05) is 11.9 Å². The van der Waals surface area contributed by atoms with Gasteiger partial charge in [-0.05, 0) is 18.6 Å². The topological polar surface area (TPSA) is 20.3 Å². The SMILES string of the molecule is CN1C(=O)C(C)(CC(F)(F)C(F)(F)C(F)(F)C(F)(F)F)c2ccccc21. The lowest BCUT2D eigenvalue weighted by atomic mass is 9.76. The largest absolute Gasteiger partial charge is 0.460 e. The molecule has 146 valence electrons. The number of alkyl halides is 9. The van der Waals surface area contributed by atoms with E-state index in [1.54, 1.807) is 0 Å². The Kier molecular flexibility index (Phi) is 4.33. The number of hydrogen-bond donors (Lipinski definition) is 0. The predicted molar refractivity (Wildman–Crippen MR) is 72.7 cm³/mol. The molecule has 1 amide bonds. The Balaban J connectivity index is 2.51.